The molecule has 2 heterocycles. The Morgan fingerprint density at radius 3 is 2.60 bits per heavy atom. The predicted molar refractivity (Wildman–Crippen MR) is 89.1 cm³/mol. The van der Waals surface area contributed by atoms with E-state index in [4.69, 9.17) is 4.74 Å². The number of carbonyl (C=O) groups is 3. The Kier molecular flexibility index (Phi) is 4.74. The number of methoxy groups -OCH3 is 1. The van der Waals surface area contributed by atoms with Gasteiger partial charge in [0, 0.05) is 25.7 Å². The van der Waals surface area contributed by atoms with E-state index in [-0.39, 0.29) is 30.1 Å². The Hall–Kier alpha value is -3.22. The van der Waals surface area contributed by atoms with Crippen LogP contribution in [0.25, 0.3) is 0 Å². The molecule has 0 fully saturated rings. The molecular formula is C18H17N3O4. The number of amides is 3. The van der Waals surface area contributed by atoms with Crippen LogP contribution in [0.2, 0.25) is 0 Å². The van der Waals surface area contributed by atoms with Gasteiger partial charge >= 0.3 is 0 Å². The summed E-state index contributed by atoms with van der Waals surface area (Å²) in [5.74, 6) is -0.353. The predicted octanol–water partition coefficient (Wildman–Crippen LogP) is 1.39. The number of aromatic nitrogens is 1. The summed E-state index contributed by atoms with van der Waals surface area (Å²) in [4.78, 5) is 41.3. The largest absolute Gasteiger partial charge is 0.497 e. The minimum Gasteiger partial charge on any atom is -0.497 e. The van der Waals surface area contributed by atoms with Gasteiger partial charge in [-0.1, -0.05) is 12.1 Å². The molecule has 0 atom stereocenters. The summed E-state index contributed by atoms with van der Waals surface area (Å²) in [7, 11) is 1.59. The van der Waals surface area contributed by atoms with Gasteiger partial charge in [-0.3, -0.25) is 24.3 Å². The van der Waals surface area contributed by atoms with E-state index in [0.29, 0.717) is 6.54 Å². The van der Waals surface area contributed by atoms with Crippen LogP contribution in [0.15, 0.2) is 42.6 Å². The molecule has 25 heavy (non-hydrogen) atoms. The third kappa shape index (κ3) is 3.50. The molecule has 1 aromatic heterocycles. The van der Waals surface area contributed by atoms with Gasteiger partial charge < -0.3 is 10.1 Å². The highest BCUT2D eigenvalue weighted by atomic mass is 16.5. The molecule has 128 valence electrons. The van der Waals surface area contributed by atoms with Crippen LogP contribution in [0, 0.1) is 0 Å². The molecule has 0 spiro atoms. The number of carbonyl (C=O) groups excluding carboxylic acids is 3. The molecule has 0 unspecified atom stereocenters. The van der Waals surface area contributed by atoms with Crippen LogP contribution >= 0.6 is 0 Å². The maximum absolute atomic E-state index is 12.2. The van der Waals surface area contributed by atoms with Gasteiger partial charge in [-0.05, 0) is 29.8 Å². The zero-order valence-electron chi connectivity index (χ0n) is 13.7. The lowest BCUT2D eigenvalue weighted by Gasteiger charge is -2.13. The summed E-state index contributed by atoms with van der Waals surface area (Å²) in [6, 6.07) is 10.5. The molecule has 0 aliphatic carbocycles. The number of rotatable bonds is 6. The van der Waals surface area contributed by atoms with Crippen molar-refractivity contribution in [2.45, 2.75) is 13.0 Å². The lowest BCUT2D eigenvalue weighted by atomic mass is 10.2. The van der Waals surface area contributed by atoms with Crippen molar-refractivity contribution in [1.29, 1.82) is 0 Å². The zero-order chi connectivity index (χ0) is 17.8. The van der Waals surface area contributed by atoms with Crippen LogP contribution < -0.4 is 10.1 Å². The SMILES string of the molecule is COc1ccc(CNC(=O)CCN2C(=O)c3cccnc3C2=O)cc1. The summed E-state index contributed by atoms with van der Waals surface area (Å²) in [6.45, 7) is 0.398. The second-order valence-corrected chi connectivity index (χ2v) is 5.54. The van der Waals surface area contributed by atoms with Crippen LogP contribution in [0.5, 0.6) is 5.75 Å². The molecular weight excluding hydrogens is 322 g/mol. The van der Waals surface area contributed by atoms with Crippen molar-refractivity contribution in [3.8, 4) is 5.75 Å². The second-order valence-electron chi connectivity index (χ2n) is 5.54. The number of benzene rings is 1. The smallest absolute Gasteiger partial charge is 0.280 e. The summed E-state index contributed by atoms with van der Waals surface area (Å²) >= 11 is 0. The Balaban J connectivity index is 1.51. The van der Waals surface area contributed by atoms with Crippen molar-refractivity contribution in [3.05, 3.63) is 59.4 Å². The minimum absolute atomic E-state index is 0.0302. The Morgan fingerprint density at radius 1 is 1.16 bits per heavy atom. The molecule has 1 aliphatic heterocycles. The van der Waals surface area contributed by atoms with E-state index in [0.717, 1.165) is 16.2 Å². The number of imide groups is 1. The average Bonchev–Trinajstić information content (AvgIpc) is 2.89. The maximum Gasteiger partial charge on any atom is 0.280 e. The lowest BCUT2D eigenvalue weighted by Crippen LogP contribution is -2.34. The number of nitrogens with one attached hydrogen (secondary N) is 1. The second kappa shape index (κ2) is 7.12. The van der Waals surface area contributed by atoms with Gasteiger partial charge in [0.25, 0.3) is 11.8 Å². The van der Waals surface area contributed by atoms with Crippen molar-refractivity contribution >= 4 is 17.7 Å². The molecule has 7 heteroatoms. The van der Waals surface area contributed by atoms with Crippen molar-refractivity contribution in [2.24, 2.45) is 0 Å². The molecule has 0 saturated carbocycles. The van der Waals surface area contributed by atoms with Crippen molar-refractivity contribution in [1.82, 2.24) is 15.2 Å². The summed E-state index contributed by atoms with van der Waals surface area (Å²) in [6.07, 6.45) is 1.51. The van der Waals surface area contributed by atoms with Gasteiger partial charge in [0.2, 0.25) is 5.91 Å². The molecule has 0 radical (unpaired) electrons. The third-order valence-corrected chi connectivity index (χ3v) is 3.94. The number of pyridine rings is 1. The number of hydrogen-bond acceptors (Lipinski definition) is 5. The molecule has 1 N–H and O–H groups in total. The highest BCUT2D eigenvalue weighted by Gasteiger charge is 2.36. The van der Waals surface area contributed by atoms with Gasteiger partial charge in [0.15, 0.2) is 0 Å². The van der Waals surface area contributed by atoms with E-state index in [1.165, 1.54) is 6.20 Å². The molecule has 1 aromatic carbocycles. The van der Waals surface area contributed by atoms with Gasteiger partial charge in [-0.25, -0.2) is 0 Å². The average molecular weight is 339 g/mol. The topological polar surface area (TPSA) is 88.6 Å². The number of ether oxygens (including phenoxy) is 1. The first-order valence-corrected chi connectivity index (χ1v) is 7.81. The van der Waals surface area contributed by atoms with Gasteiger partial charge in [-0.2, -0.15) is 0 Å². The van der Waals surface area contributed by atoms with Gasteiger partial charge in [-0.15, -0.1) is 0 Å². The number of nitrogens with zero attached hydrogens (tertiary/aromatic N) is 2. The first kappa shape index (κ1) is 16.6. The quantitative estimate of drug-likeness (QED) is 0.804. The van der Waals surface area contributed by atoms with Crippen LogP contribution in [0.4, 0.5) is 0 Å². The first-order valence-electron chi connectivity index (χ1n) is 7.81. The van der Waals surface area contributed by atoms with Crippen LogP contribution in [0.3, 0.4) is 0 Å². The van der Waals surface area contributed by atoms with Crippen LogP contribution in [-0.2, 0) is 11.3 Å². The molecule has 3 amide bonds. The van der Waals surface area contributed by atoms with E-state index in [1.807, 2.05) is 24.3 Å². The van der Waals surface area contributed by atoms with Gasteiger partial charge in [0.05, 0.1) is 12.7 Å². The standard InChI is InChI=1S/C18H17N3O4/c1-25-13-6-4-12(5-7-13)11-20-15(22)8-10-21-17(23)14-3-2-9-19-16(14)18(21)24/h2-7,9H,8,10-11H2,1H3,(H,20,22). The molecule has 0 saturated heterocycles. The van der Waals surface area contributed by atoms with E-state index < -0.39 is 11.8 Å². The third-order valence-electron chi connectivity index (χ3n) is 3.94. The van der Waals surface area contributed by atoms with E-state index in [1.54, 1.807) is 19.2 Å². The first-order chi connectivity index (χ1) is 12.1. The lowest BCUT2D eigenvalue weighted by molar-refractivity contribution is -0.121. The summed E-state index contributed by atoms with van der Waals surface area (Å²) in [5, 5.41) is 2.77. The Labute approximate surface area is 144 Å². The maximum atomic E-state index is 12.2. The highest BCUT2D eigenvalue weighted by molar-refractivity contribution is 6.20. The summed E-state index contributed by atoms with van der Waals surface area (Å²) < 4.78 is 5.08. The summed E-state index contributed by atoms with van der Waals surface area (Å²) in [5.41, 5.74) is 1.36. The monoisotopic (exact) mass is 339 g/mol. The molecule has 1 aliphatic rings. The fourth-order valence-corrected chi connectivity index (χ4v) is 2.56. The molecule has 0 bridgehead atoms. The highest BCUT2D eigenvalue weighted by Crippen LogP contribution is 2.20. The normalized spacial score (nSPS) is 12.9. The molecule has 7 nitrogen and oxygen atoms in total. The van der Waals surface area contributed by atoms with E-state index in [2.05, 4.69) is 10.3 Å². The van der Waals surface area contributed by atoms with Crippen molar-refractivity contribution < 1.29 is 19.1 Å². The number of hydrogen-bond donors (Lipinski definition) is 1. The van der Waals surface area contributed by atoms with Gasteiger partial charge in [0.1, 0.15) is 11.4 Å². The molecule has 3 rings (SSSR count). The van der Waals surface area contributed by atoms with Crippen molar-refractivity contribution in [2.75, 3.05) is 13.7 Å². The van der Waals surface area contributed by atoms with Crippen LogP contribution in [0.1, 0.15) is 32.8 Å². The fourth-order valence-electron chi connectivity index (χ4n) is 2.56. The molecule has 2 aromatic rings. The van der Waals surface area contributed by atoms with E-state index in [9.17, 15) is 14.4 Å². The Morgan fingerprint density at radius 2 is 1.92 bits per heavy atom. The van der Waals surface area contributed by atoms with Crippen molar-refractivity contribution in [3.63, 3.8) is 0 Å². The zero-order valence-corrected chi connectivity index (χ0v) is 13.7. The fraction of sp³-hybridized carbons (Fsp3) is 0.222. The van der Waals surface area contributed by atoms with E-state index >= 15 is 0 Å². The number of fused-ring (bicyclic) bond motifs is 1. The Bertz CT molecular complexity index is 782. The van der Waals surface area contributed by atoms with Crippen LogP contribution in [-0.4, -0.2) is 41.3 Å². The minimum atomic E-state index is -0.455.